The molecule has 3 aliphatic rings. The highest BCUT2D eigenvalue weighted by atomic mass is 14.7. The van der Waals surface area contributed by atoms with Crippen LogP contribution >= 0.6 is 0 Å². The highest BCUT2D eigenvalue weighted by molar-refractivity contribution is 5.80. The predicted octanol–water partition coefficient (Wildman–Crippen LogP) is 7.55. The lowest BCUT2D eigenvalue weighted by Crippen LogP contribution is -2.34. The van der Waals surface area contributed by atoms with Crippen molar-refractivity contribution < 1.29 is 0 Å². The summed E-state index contributed by atoms with van der Waals surface area (Å²) in [6.07, 6.45) is 11.5. The molecule has 0 unspecified atom stereocenters. The van der Waals surface area contributed by atoms with Crippen molar-refractivity contribution in [3.63, 3.8) is 0 Å². The summed E-state index contributed by atoms with van der Waals surface area (Å²) < 4.78 is 0. The number of nitrogens with zero attached hydrogens (tertiary/aromatic N) is 1. The summed E-state index contributed by atoms with van der Waals surface area (Å²) in [4.78, 5) is 5.00. The van der Waals surface area contributed by atoms with Gasteiger partial charge in [0.25, 0.3) is 0 Å². The number of rotatable bonds is 3. The summed E-state index contributed by atoms with van der Waals surface area (Å²) in [6, 6.07) is 9.62. The molecule has 0 atom stereocenters. The van der Waals surface area contributed by atoms with E-state index in [0.717, 1.165) is 12.8 Å². The summed E-state index contributed by atoms with van der Waals surface area (Å²) in [5.74, 6) is 0. The van der Waals surface area contributed by atoms with E-state index < -0.39 is 0 Å². The predicted molar refractivity (Wildman–Crippen MR) is 127 cm³/mol. The highest BCUT2D eigenvalue weighted by Gasteiger charge is 2.49. The van der Waals surface area contributed by atoms with E-state index in [0.29, 0.717) is 0 Å². The molecule has 30 heavy (non-hydrogen) atoms. The van der Waals surface area contributed by atoms with Gasteiger partial charge in [-0.1, -0.05) is 58.5 Å². The van der Waals surface area contributed by atoms with Crippen LogP contribution in [0.15, 0.2) is 48.7 Å². The van der Waals surface area contributed by atoms with Crippen LogP contribution in [-0.4, -0.2) is 4.98 Å². The first kappa shape index (κ1) is 19.8. The Morgan fingerprint density at radius 2 is 1.53 bits per heavy atom. The second-order valence-electron chi connectivity index (χ2n) is 11.3. The van der Waals surface area contributed by atoms with Crippen LogP contribution in [0.5, 0.6) is 0 Å². The number of pyridine rings is 1. The third-order valence-corrected chi connectivity index (χ3v) is 8.20. The van der Waals surface area contributed by atoms with Crippen LogP contribution in [0, 0.1) is 6.92 Å². The summed E-state index contributed by atoms with van der Waals surface area (Å²) in [7, 11) is 0. The zero-order valence-corrected chi connectivity index (χ0v) is 19.4. The van der Waals surface area contributed by atoms with E-state index >= 15 is 0 Å². The third kappa shape index (κ3) is 2.93. The molecule has 5 rings (SSSR count). The Bertz CT molecular complexity index is 1060. The molecule has 0 spiro atoms. The van der Waals surface area contributed by atoms with Gasteiger partial charge in [-0.15, -0.1) is 0 Å². The fraction of sp³-hybridized carbons (Fsp3) is 0.483. The molecule has 1 heteroatoms. The molecule has 0 N–H and O–H groups in total. The highest BCUT2D eigenvalue weighted by Crippen LogP contribution is 2.56. The third-order valence-electron chi connectivity index (χ3n) is 8.20. The lowest BCUT2D eigenvalue weighted by Gasteiger charge is -2.43. The van der Waals surface area contributed by atoms with Gasteiger partial charge in [0, 0.05) is 11.6 Å². The van der Waals surface area contributed by atoms with Gasteiger partial charge in [-0.3, -0.25) is 4.98 Å². The smallest absolute Gasteiger partial charge is 0.0509 e. The van der Waals surface area contributed by atoms with E-state index in [4.69, 9.17) is 4.98 Å². The molecule has 156 valence electrons. The zero-order chi connectivity index (χ0) is 21.3. The van der Waals surface area contributed by atoms with E-state index in [2.05, 4.69) is 77.7 Å². The molecule has 2 aromatic rings. The van der Waals surface area contributed by atoms with Crippen LogP contribution in [0.4, 0.5) is 0 Å². The number of benzene rings is 1. The van der Waals surface area contributed by atoms with E-state index in [1.807, 2.05) is 0 Å². The van der Waals surface area contributed by atoms with Gasteiger partial charge >= 0.3 is 0 Å². The zero-order valence-electron chi connectivity index (χ0n) is 19.4. The quantitative estimate of drug-likeness (QED) is 0.521. The number of aromatic nitrogens is 1. The van der Waals surface area contributed by atoms with E-state index in [-0.39, 0.29) is 16.2 Å². The van der Waals surface area contributed by atoms with Gasteiger partial charge < -0.3 is 0 Å². The van der Waals surface area contributed by atoms with Crippen molar-refractivity contribution >= 4 is 5.57 Å². The second kappa shape index (κ2) is 6.42. The molecule has 0 radical (unpaired) electrons. The van der Waals surface area contributed by atoms with Gasteiger partial charge in [0.1, 0.15) is 0 Å². The number of aryl methyl sites for hydroxylation is 1. The Kier molecular flexibility index (Phi) is 4.24. The second-order valence-corrected chi connectivity index (χ2v) is 11.3. The van der Waals surface area contributed by atoms with Crippen molar-refractivity contribution in [3.05, 3.63) is 82.2 Å². The van der Waals surface area contributed by atoms with Crippen molar-refractivity contribution in [2.24, 2.45) is 0 Å². The molecule has 0 amide bonds. The molecule has 0 aliphatic heterocycles. The normalized spacial score (nSPS) is 23.1. The van der Waals surface area contributed by atoms with Crippen LogP contribution in [-0.2, 0) is 16.2 Å². The van der Waals surface area contributed by atoms with Crippen LogP contribution in [0.25, 0.3) is 5.57 Å². The average Bonchev–Trinajstić information content (AvgIpc) is 3.40. The Balaban J connectivity index is 1.57. The Morgan fingerprint density at radius 1 is 0.867 bits per heavy atom. The monoisotopic (exact) mass is 397 g/mol. The van der Waals surface area contributed by atoms with Gasteiger partial charge in [0.15, 0.2) is 0 Å². The van der Waals surface area contributed by atoms with Crippen molar-refractivity contribution in [2.75, 3.05) is 0 Å². The van der Waals surface area contributed by atoms with Gasteiger partial charge in [-0.2, -0.15) is 0 Å². The number of fused-ring (bicyclic) bond motifs is 1. The molecule has 1 aromatic heterocycles. The molecule has 1 aromatic carbocycles. The SMILES string of the molecule is C=C1CCC=C1c1ccc(C2(c3cc4c(cc3C)C(C)(C)CCC4(C)C)CC2)nc1. The molecule has 1 nitrogen and oxygen atoms in total. The summed E-state index contributed by atoms with van der Waals surface area (Å²) in [5.41, 5.74) is 11.7. The average molecular weight is 398 g/mol. The van der Waals surface area contributed by atoms with Crippen molar-refractivity contribution in [2.45, 2.75) is 89.4 Å². The molecule has 1 saturated carbocycles. The Labute approximate surface area is 182 Å². The summed E-state index contributed by atoms with van der Waals surface area (Å²) in [6.45, 7) is 16.2. The van der Waals surface area contributed by atoms with Gasteiger partial charge in [-0.25, -0.2) is 0 Å². The molecular formula is C29H35N. The van der Waals surface area contributed by atoms with Crippen LogP contribution < -0.4 is 0 Å². The van der Waals surface area contributed by atoms with E-state index in [9.17, 15) is 0 Å². The van der Waals surface area contributed by atoms with Gasteiger partial charge in [-0.05, 0) is 101 Å². The van der Waals surface area contributed by atoms with Gasteiger partial charge in [0.05, 0.1) is 5.69 Å². The largest absolute Gasteiger partial charge is 0.260 e. The van der Waals surface area contributed by atoms with E-state index in [1.54, 1.807) is 11.1 Å². The molecule has 3 aliphatic carbocycles. The van der Waals surface area contributed by atoms with Crippen LogP contribution in [0.1, 0.15) is 99.7 Å². The minimum Gasteiger partial charge on any atom is -0.260 e. The maximum atomic E-state index is 5.00. The molecule has 1 fully saturated rings. The lowest BCUT2D eigenvalue weighted by molar-refractivity contribution is 0.331. The van der Waals surface area contributed by atoms with Gasteiger partial charge in [0.2, 0.25) is 0 Å². The standard InChI is InChI=1S/C29H35N/c1-19-8-7-9-22(19)21-10-11-26(30-18-21)29(14-15-29)23-17-25-24(16-20(23)2)27(3,4)12-13-28(25,5)6/h9-11,16-18H,1,7-8,12-15H2,2-6H3. The maximum Gasteiger partial charge on any atom is 0.0509 e. The lowest BCUT2D eigenvalue weighted by atomic mass is 9.62. The Morgan fingerprint density at radius 3 is 2.07 bits per heavy atom. The molecule has 1 heterocycles. The maximum absolute atomic E-state index is 5.00. The molecular weight excluding hydrogens is 362 g/mol. The Hall–Kier alpha value is -2.15. The first-order valence-corrected chi connectivity index (χ1v) is 11.7. The first-order valence-electron chi connectivity index (χ1n) is 11.7. The minimum atomic E-state index is 0.108. The first-order chi connectivity index (χ1) is 14.1. The molecule has 0 bridgehead atoms. The summed E-state index contributed by atoms with van der Waals surface area (Å²) in [5, 5.41) is 0. The van der Waals surface area contributed by atoms with Crippen molar-refractivity contribution in [1.82, 2.24) is 4.98 Å². The number of hydrogen-bond acceptors (Lipinski definition) is 1. The fourth-order valence-corrected chi connectivity index (χ4v) is 5.85. The van der Waals surface area contributed by atoms with E-state index in [1.165, 1.54) is 59.2 Å². The van der Waals surface area contributed by atoms with Crippen LogP contribution in [0.2, 0.25) is 0 Å². The number of allylic oxidation sites excluding steroid dienone is 3. The topological polar surface area (TPSA) is 12.9 Å². The van der Waals surface area contributed by atoms with Crippen molar-refractivity contribution in [1.29, 1.82) is 0 Å². The van der Waals surface area contributed by atoms with Crippen LogP contribution in [0.3, 0.4) is 0 Å². The fourth-order valence-electron chi connectivity index (χ4n) is 5.85. The minimum absolute atomic E-state index is 0.108. The van der Waals surface area contributed by atoms with Crippen molar-refractivity contribution in [3.8, 4) is 0 Å². The molecule has 0 saturated heterocycles. The number of hydrogen-bond donors (Lipinski definition) is 0. The summed E-state index contributed by atoms with van der Waals surface area (Å²) >= 11 is 0.